The predicted octanol–water partition coefficient (Wildman–Crippen LogP) is 8.74. The molecule has 0 aromatic heterocycles. The first-order chi connectivity index (χ1) is 22.9. The molecule has 4 atom stereocenters. The molecule has 0 bridgehead atoms. The molecule has 0 radical (unpaired) electrons. The molecule has 0 heterocycles. The molecule has 2 fully saturated rings. The van der Waals surface area contributed by atoms with Crippen molar-refractivity contribution in [2.45, 2.75) is 62.9 Å². The second-order valence-electron chi connectivity index (χ2n) is 12.8. The summed E-state index contributed by atoms with van der Waals surface area (Å²) in [6, 6.07) is 36.7. The summed E-state index contributed by atoms with van der Waals surface area (Å²) in [6.45, 7) is 2.96. The van der Waals surface area contributed by atoms with Crippen LogP contribution in [0.3, 0.4) is 0 Å². The number of anilines is 1. The minimum atomic E-state index is -0.806. The minimum Gasteiger partial charge on any atom is -0.363 e. The largest absolute Gasteiger partial charge is 0.363 e. The molecule has 2 aliphatic rings. The molecular weight excluding hydrogens is 598 g/mol. The molecule has 0 saturated heterocycles. The maximum absolute atomic E-state index is 13.6. The van der Waals surface area contributed by atoms with E-state index in [4.69, 9.17) is 0 Å². The van der Waals surface area contributed by atoms with E-state index in [1.807, 2.05) is 6.07 Å². The van der Waals surface area contributed by atoms with Crippen LogP contribution in [0.2, 0.25) is 0 Å². The van der Waals surface area contributed by atoms with E-state index in [0.29, 0.717) is 0 Å². The van der Waals surface area contributed by atoms with Gasteiger partial charge in [0.15, 0.2) is 23.3 Å². The van der Waals surface area contributed by atoms with E-state index in [1.54, 1.807) is 12.1 Å². The van der Waals surface area contributed by atoms with Gasteiger partial charge in [-0.2, -0.15) is 0 Å². The molecule has 0 unspecified atom stereocenters. The number of nitrogens with one attached hydrogen (secondary N) is 2. The highest BCUT2D eigenvalue weighted by molar-refractivity contribution is 5.48. The molecule has 5 aromatic rings. The van der Waals surface area contributed by atoms with Crippen molar-refractivity contribution < 1.29 is 17.6 Å². The zero-order valence-electron chi connectivity index (χ0n) is 26.0. The monoisotopic (exact) mass is 635 g/mol. The molecule has 0 aliphatic heterocycles. The third-order valence-electron chi connectivity index (χ3n) is 9.38. The summed E-state index contributed by atoms with van der Waals surface area (Å²) in [7, 11) is 0. The average Bonchev–Trinajstić information content (AvgIpc) is 4.03. The van der Waals surface area contributed by atoms with Crippen molar-refractivity contribution in [1.82, 2.24) is 10.6 Å². The van der Waals surface area contributed by atoms with Gasteiger partial charge in [0, 0.05) is 55.8 Å². The van der Waals surface area contributed by atoms with Gasteiger partial charge in [0.05, 0.1) is 0 Å². The molecule has 0 spiro atoms. The Morgan fingerprint density at radius 2 is 0.915 bits per heavy atom. The fourth-order valence-corrected chi connectivity index (χ4v) is 6.41. The topological polar surface area (TPSA) is 27.3 Å². The van der Waals surface area contributed by atoms with Gasteiger partial charge in [-0.25, -0.2) is 17.6 Å². The summed E-state index contributed by atoms with van der Waals surface area (Å²) in [4.78, 5) is 2.37. The fourth-order valence-electron chi connectivity index (χ4n) is 6.41. The maximum Gasteiger partial charge on any atom is 0.159 e. The van der Waals surface area contributed by atoms with Crippen LogP contribution in [0.1, 0.15) is 58.1 Å². The zero-order valence-corrected chi connectivity index (χ0v) is 26.0. The highest BCUT2D eigenvalue weighted by Gasteiger charge is 2.39. The Morgan fingerprint density at radius 3 is 1.34 bits per heavy atom. The Labute approximate surface area is 273 Å². The van der Waals surface area contributed by atoms with Gasteiger partial charge in [0.2, 0.25) is 0 Å². The van der Waals surface area contributed by atoms with Gasteiger partial charge in [0.25, 0.3) is 0 Å². The fraction of sp³-hybridized carbons (Fsp3) is 0.250. The summed E-state index contributed by atoms with van der Waals surface area (Å²) in [5, 5.41) is 7.11. The molecule has 240 valence electrons. The highest BCUT2D eigenvalue weighted by atomic mass is 19.2. The number of hydrogen-bond donors (Lipinski definition) is 2. The smallest absolute Gasteiger partial charge is 0.159 e. The number of nitrogens with zero attached hydrogens (tertiary/aromatic N) is 1. The van der Waals surface area contributed by atoms with Crippen molar-refractivity contribution in [2.24, 2.45) is 0 Å². The minimum absolute atomic E-state index is 0.222. The Hall–Kier alpha value is -4.46. The van der Waals surface area contributed by atoms with Gasteiger partial charge in [-0.1, -0.05) is 78.9 Å². The number of rotatable bonds is 13. The standard InChI is InChI=1S/C40H37F4N3/c41-35-16-14-30(18-37(35)43)33-20-39(33)45-22-26-6-10-28(11-7-26)24-47(32-4-2-1-3-5-32)25-29-12-8-27(9-13-29)23-46-40-21-34(40)31-15-17-36(42)38(44)19-31/h1-19,33-34,39-40,45-46H,20-25H2/t33-,34-,39+,40+/m0/s1. The van der Waals surface area contributed by atoms with Crippen LogP contribution in [0.5, 0.6) is 0 Å². The van der Waals surface area contributed by atoms with Gasteiger partial charge < -0.3 is 15.5 Å². The molecule has 47 heavy (non-hydrogen) atoms. The molecule has 7 heteroatoms. The molecular formula is C40H37F4N3. The molecule has 7 rings (SSSR count). The van der Waals surface area contributed by atoms with Crippen LogP contribution in [0, 0.1) is 23.3 Å². The van der Waals surface area contributed by atoms with E-state index in [2.05, 4.69) is 88.3 Å². The van der Waals surface area contributed by atoms with Crippen LogP contribution in [-0.2, 0) is 26.2 Å². The Balaban J connectivity index is 0.919. The van der Waals surface area contributed by atoms with Crippen molar-refractivity contribution in [1.29, 1.82) is 0 Å². The van der Waals surface area contributed by atoms with Gasteiger partial charge in [-0.05, 0) is 82.6 Å². The average molecular weight is 636 g/mol. The first kappa shape index (κ1) is 31.2. The van der Waals surface area contributed by atoms with Crippen molar-refractivity contribution >= 4 is 5.69 Å². The number of halogens is 4. The Kier molecular flexibility index (Phi) is 9.09. The summed E-state index contributed by atoms with van der Waals surface area (Å²) in [6.07, 6.45) is 1.85. The summed E-state index contributed by atoms with van der Waals surface area (Å²) < 4.78 is 53.8. The van der Waals surface area contributed by atoms with Crippen LogP contribution >= 0.6 is 0 Å². The lowest BCUT2D eigenvalue weighted by Crippen LogP contribution is -2.22. The third-order valence-corrected chi connectivity index (χ3v) is 9.38. The van der Waals surface area contributed by atoms with Crippen LogP contribution in [-0.4, -0.2) is 12.1 Å². The van der Waals surface area contributed by atoms with Crippen LogP contribution in [0.25, 0.3) is 0 Å². The van der Waals surface area contributed by atoms with E-state index >= 15 is 0 Å². The van der Waals surface area contributed by atoms with Crippen LogP contribution in [0.15, 0.2) is 115 Å². The number of benzene rings is 5. The van der Waals surface area contributed by atoms with Crippen molar-refractivity contribution in [3.05, 3.63) is 172 Å². The quantitative estimate of drug-likeness (QED) is 0.127. The lowest BCUT2D eigenvalue weighted by atomic mass is 10.1. The Morgan fingerprint density at radius 1 is 0.489 bits per heavy atom. The SMILES string of the molecule is Fc1ccc([C@@H]2C[C@H]2NCc2ccc(CN(Cc3ccc(CN[C@@H]4C[C@H]4c4ccc(F)c(F)c4)cc3)c3ccccc3)cc2)cc1F. The maximum atomic E-state index is 13.6. The summed E-state index contributed by atoms with van der Waals surface area (Å²) in [5.41, 5.74) is 7.63. The predicted molar refractivity (Wildman–Crippen MR) is 178 cm³/mol. The van der Waals surface area contributed by atoms with E-state index in [-0.39, 0.29) is 23.9 Å². The normalized spacial score (nSPS) is 19.8. The molecule has 5 aromatic carbocycles. The van der Waals surface area contributed by atoms with E-state index in [1.165, 1.54) is 46.5 Å². The molecule has 3 nitrogen and oxygen atoms in total. The summed E-state index contributed by atoms with van der Waals surface area (Å²) in [5.74, 6) is -2.74. The zero-order chi connectivity index (χ0) is 32.3. The van der Waals surface area contributed by atoms with E-state index in [0.717, 1.165) is 55.8 Å². The lowest BCUT2D eigenvalue weighted by molar-refractivity contribution is 0.507. The summed E-state index contributed by atoms with van der Waals surface area (Å²) >= 11 is 0. The van der Waals surface area contributed by atoms with Crippen LogP contribution in [0.4, 0.5) is 23.2 Å². The molecule has 2 N–H and O–H groups in total. The lowest BCUT2D eigenvalue weighted by Gasteiger charge is -2.25. The van der Waals surface area contributed by atoms with Crippen molar-refractivity contribution in [3.8, 4) is 0 Å². The molecule has 2 aliphatic carbocycles. The van der Waals surface area contributed by atoms with Crippen molar-refractivity contribution in [3.63, 3.8) is 0 Å². The highest BCUT2D eigenvalue weighted by Crippen LogP contribution is 2.42. The second kappa shape index (κ2) is 13.7. The Bertz CT molecular complexity index is 1700. The van der Waals surface area contributed by atoms with Crippen LogP contribution < -0.4 is 15.5 Å². The molecule has 2 saturated carbocycles. The van der Waals surface area contributed by atoms with Gasteiger partial charge in [-0.3, -0.25) is 0 Å². The van der Waals surface area contributed by atoms with E-state index in [9.17, 15) is 17.6 Å². The number of hydrogen-bond acceptors (Lipinski definition) is 3. The van der Waals surface area contributed by atoms with Gasteiger partial charge >= 0.3 is 0 Å². The second-order valence-corrected chi connectivity index (χ2v) is 12.8. The van der Waals surface area contributed by atoms with Crippen molar-refractivity contribution in [2.75, 3.05) is 4.90 Å². The molecule has 0 amide bonds. The first-order valence-corrected chi connectivity index (χ1v) is 16.2. The van der Waals surface area contributed by atoms with Gasteiger partial charge in [-0.15, -0.1) is 0 Å². The number of para-hydroxylation sites is 1. The third kappa shape index (κ3) is 7.75. The van der Waals surface area contributed by atoms with Gasteiger partial charge in [0.1, 0.15) is 0 Å². The van der Waals surface area contributed by atoms with E-state index < -0.39 is 23.3 Å². The first-order valence-electron chi connectivity index (χ1n) is 16.2.